The van der Waals surface area contributed by atoms with Crippen molar-refractivity contribution in [1.82, 2.24) is 20.4 Å². The molecule has 0 aromatic heterocycles. The van der Waals surface area contributed by atoms with Gasteiger partial charge >= 0.3 is 12.1 Å². The van der Waals surface area contributed by atoms with E-state index in [0.717, 1.165) is 0 Å². The number of hydrogen-bond donors (Lipinski definition) is 4. The minimum Gasteiger partial charge on any atom is -0.412 e. The van der Waals surface area contributed by atoms with Crippen molar-refractivity contribution in [3.05, 3.63) is 58.6 Å². The lowest BCUT2D eigenvalue weighted by atomic mass is 10.3. The first-order valence-electron chi connectivity index (χ1n) is 10.4. The molecule has 2 heterocycles. The number of anilines is 2. The molecular weight excluding hydrogens is 527 g/mol. The van der Waals surface area contributed by atoms with E-state index in [2.05, 4.69) is 31.3 Å². The molecule has 2 aromatic carbocycles. The summed E-state index contributed by atoms with van der Waals surface area (Å²) in [4.78, 5) is 56.0. The second-order valence-electron chi connectivity index (χ2n) is 7.56. The maximum Gasteiger partial charge on any atom is 0.348 e. The molecule has 0 unspecified atom stereocenters. The second-order valence-corrected chi connectivity index (χ2v) is 8.43. The van der Waals surface area contributed by atoms with Gasteiger partial charge in [-0.05, 0) is 36.4 Å². The molecule has 2 saturated heterocycles. The summed E-state index contributed by atoms with van der Waals surface area (Å²) in [6.07, 6.45) is 0. The van der Waals surface area contributed by atoms with Crippen LogP contribution in [0.4, 0.5) is 21.0 Å². The summed E-state index contributed by atoms with van der Waals surface area (Å²) in [5.74, 6) is 0.0951. The van der Waals surface area contributed by atoms with Crippen LogP contribution in [0.3, 0.4) is 0 Å². The maximum atomic E-state index is 11.6. The van der Waals surface area contributed by atoms with Gasteiger partial charge < -0.3 is 25.9 Å². The van der Waals surface area contributed by atoms with E-state index in [1.807, 2.05) is 0 Å². The lowest BCUT2D eigenvalue weighted by Crippen LogP contribution is -2.29. The van der Waals surface area contributed by atoms with Crippen LogP contribution in [0.2, 0.25) is 10.0 Å². The highest BCUT2D eigenvalue weighted by molar-refractivity contribution is 6.31. The molecule has 2 aromatic rings. The molecule has 0 spiro atoms. The van der Waals surface area contributed by atoms with Gasteiger partial charge in [0.15, 0.2) is 0 Å². The molecule has 0 atom stereocenters. The summed E-state index contributed by atoms with van der Waals surface area (Å²) >= 11 is 11.6. The minimum atomic E-state index is -0.568. The summed E-state index contributed by atoms with van der Waals surface area (Å²) < 4.78 is 0. The van der Waals surface area contributed by atoms with Gasteiger partial charge in [-0.2, -0.15) is 9.98 Å². The monoisotopic (exact) mass is 550 g/mol. The third kappa shape index (κ3) is 9.07. The average Bonchev–Trinajstić information content (AvgIpc) is 3.26. The van der Waals surface area contributed by atoms with E-state index in [9.17, 15) is 19.2 Å². The highest BCUT2D eigenvalue weighted by Crippen LogP contribution is 2.16. The Morgan fingerprint density at radius 1 is 0.784 bits per heavy atom. The second kappa shape index (κ2) is 13.2. The number of halogens is 2. The SMILES string of the molecule is CN1CC(=O)N/C1=N\C(=O)Nc1cccc(Cl)c1.CN1CC(=O)N/C1=N\C(=O)Nc1cccc(Cl)c1.O. The molecule has 0 saturated carbocycles. The number of nitrogens with zero attached hydrogens (tertiary/aromatic N) is 4. The number of benzene rings is 2. The number of guanidine groups is 2. The number of nitrogens with one attached hydrogen (secondary N) is 4. The van der Waals surface area contributed by atoms with Gasteiger partial charge in [-0.3, -0.25) is 20.2 Å². The molecule has 2 aliphatic heterocycles. The fourth-order valence-corrected chi connectivity index (χ4v) is 3.33. The Hall–Kier alpha value is -4.20. The summed E-state index contributed by atoms with van der Waals surface area (Å²) in [6.45, 7) is 0.395. The van der Waals surface area contributed by atoms with Crippen molar-refractivity contribution in [3.8, 4) is 0 Å². The van der Waals surface area contributed by atoms with Gasteiger partial charge in [0.25, 0.3) is 0 Å². The number of aliphatic imine (C=N–C) groups is 2. The van der Waals surface area contributed by atoms with Crippen LogP contribution in [0.5, 0.6) is 0 Å². The Balaban J connectivity index is 0.000000253. The predicted octanol–water partition coefficient (Wildman–Crippen LogP) is 1.75. The Morgan fingerprint density at radius 3 is 1.46 bits per heavy atom. The number of carbonyl (C=O) groups excluding carboxylic acids is 4. The standard InChI is InChI=1S/2C11H11ClN4O2.H2O/c2*1-16-6-9(17)14-10(16)15-11(18)13-8-4-2-3-7(12)5-8;/h2*2-5H,6H2,1H3,(H2,13,14,15,17,18);1H2. The van der Waals surface area contributed by atoms with E-state index < -0.39 is 12.1 Å². The Bertz CT molecular complexity index is 1160. The highest BCUT2D eigenvalue weighted by atomic mass is 35.5. The van der Waals surface area contributed by atoms with Crippen molar-refractivity contribution in [1.29, 1.82) is 0 Å². The van der Waals surface area contributed by atoms with Crippen LogP contribution in [0.15, 0.2) is 58.5 Å². The topological polar surface area (TPSA) is 179 Å². The summed E-state index contributed by atoms with van der Waals surface area (Å²) in [5, 5.41) is 11.1. The van der Waals surface area contributed by atoms with Crippen molar-refractivity contribution in [3.63, 3.8) is 0 Å². The number of rotatable bonds is 2. The van der Waals surface area contributed by atoms with Crippen molar-refractivity contribution < 1.29 is 24.7 Å². The van der Waals surface area contributed by atoms with Crippen LogP contribution in [0, 0.1) is 0 Å². The van der Waals surface area contributed by atoms with Gasteiger partial charge in [-0.25, -0.2) is 9.59 Å². The first-order chi connectivity index (χ1) is 17.1. The fraction of sp³-hybridized carbons (Fsp3) is 0.182. The van der Waals surface area contributed by atoms with Crippen LogP contribution < -0.4 is 21.3 Å². The van der Waals surface area contributed by atoms with Crippen molar-refractivity contribution in [2.45, 2.75) is 0 Å². The fourth-order valence-electron chi connectivity index (χ4n) is 2.95. The zero-order chi connectivity index (χ0) is 26.2. The molecule has 37 heavy (non-hydrogen) atoms. The van der Waals surface area contributed by atoms with E-state index in [1.54, 1.807) is 72.4 Å². The molecule has 4 rings (SSSR count). The molecule has 15 heteroatoms. The van der Waals surface area contributed by atoms with Crippen LogP contribution >= 0.6 is 23.2 Å². The smallest absolute Gasteiger partial charge is 0.348 e. The van der Waals surface area contributed by atoms with Gasteiger partial charge in [0.1, 0.15) is 0 Å². The third-order valence-corrected chi connectivity index (χ3v) is 5.02. The van der Waals surface area contributed by atoms with Gasteiger partial charge in [-0.1, -0.05) is 35.3 Å². The van der Waals surface area contributed by atoms with E-state index in [1.165, 1.54) is 0 Å². The van der Waals surface area contributed by atoms with E-state index in [-0.39, 0.29) is 42.3 Å². The lowest BCUT2D eigenvalue weighted by Gasteiger charge is -2.08. The molecule has 196 valence electrons. The van der Waals surface area contributed by atoms with Gasteiger partial charge in [0.05, 0.1) is 13.1 Å². The summed E-state index contributed by atoms with van der Waals surface area (Å²) in [5.41, 5.74) is 1.09. The number of hydrogen-bond acceptors (Lipinski definition) is 4. The van der Waals surface area contributed by atoms with E-state index in [4.69, 9.17) is 23.2 Å². The maximum absolute atomic E-state index is 11.6. The molecule has 0 radical (unpaired) electrons. The number of amides is 6. The lowest BCUT2D eigenvalue weighted by molar-refractivity contribution is -0.119. The quantitative estimate of drug-likeness (QED) is 0.442. The number of carbonyl (C=O) groups is 4. The molecular formula is C22H24Cl2N8O5. The van der Waals surface area contributed by atoms with Crippen LogP contribution in [0.1, 0.15) is 0 Å². The predicted molar refractivity (Wildman–Crippen MR) is 141 cm³/mol. The van der Waals surface area contributed by atoms with Crippen LogP contribution in [-0.4, -0.2) is 78.3 Å². The first kappa shape index (κ1) is 29.0. The van der Waals surface area contributed by atoms with Crippen LogP contribution in [-0.2, 0) is 9.59 Å². The van der Waals surface area contributed by atoms with Gasteiger partial charge in [0, 0.05) is 35.5 Å². The molecule has 6 amide bonds. The number of urea groups is 2. The normalized spacial score (nSPS) is 16.4. The Kier molecular flexibility index (Phi) is 10.4. The number of likely N-dealkylation sites (N-methyl/N-ethyl adjacent to an activating group) is 2. The molecule has 0 aliphatic carbocycles. The van der Waals surface area contributed by atoms with Crippen molar-refractivity contribution >= 4 is 70.4 Å². The first-order valence-corrected chi connectivity index (χ1v) is 11.2. The zero-order valence-electron chi connectivity index (χ0n) is 19.7. The van der Waals surface area contributed by atoms with Crippen molar-refractivity contribution in [2.75, 3.05) is 37.8 Å². The van der Waals surface area contributed by atoms with Gasteiger partial charge in [-0.15, -0.1) is 0 Å². The molecule has 2 aliphatic rings. The largest absolute Gasteiger partial charge is 0.412 e. The molecule has 6 N–H and O–H groups in total. The minimum absolute atomic E-state index is 0. The molecule has 2 fully saturated rings. The third-order valence-electron chi connectivity index (χ3n) is 4.55. The van der Waals surface area contributed by atoms with E-state index >= 15 is 0 Å². The van der Waals surface area contributed by atoms with Crippen LogP contribution in [0.25, 0.3) is 0 Å². The molecule has 0 bridgehead atoms. The Labute approximate surface area is 221 Å². The summed E-state index contributed by atoms with van der Waals surface area (Å²) in [7, 11) is 3.34. The zero-order valence-corrected chi connectivity index (χ0v) is 21.2. The summed E-state index contributed by atoms with van der Waals surface area (Å²) in [6, 6.07) is 12.3. The Morgan fingerprint density at radius 2 is 1.16 bits per heavy atom. The highest BCUT2D eigenvalue weighted by Gasteiger charge is 2.23. The average molecular weight is 551 g/mol. The van der Waals surface area contributed by atoms with Gasteiger partial charge in [0.2, 0.25) is 23.7 Å². The molecule has 13 nitrogen and oxygen atoms in total. The van der Waals surface area contributed by atoms with Crippen molar-refractivity contribution in [2.24, 2.45) is 9.98 Å². The van der Waals surface area contributed by atoms with E-state index in [0.29, 0.717) is 21.4 Å².